The Morgan fingerprint density at radius 3 is 1.43 bits per heavy atom. The first-order valence-corrected chi connectivity index (χ1v) is 15.9. The molecule has 218 valence electrons. The van der Waals surface area contributed by atoms with E-state index in [1.54, 1.807) is 0 Å². The number of nitrogens with two attached hydrogens (primary N) is 2. The van der Waals surface area contributed by atoms with Gasteiger partial charge in [0.25, 0.3) is 0 Å². The fourth-order valence-corrected chi connectivity index (χ4v) is 4.85. The Labute approximate surface area is 229 Å². The van der Waals surface area contributed by atoms with Gasteiger partial charge in [0.05, 0.1) is 12.6 Å². The normalized spacial score (nSPS) is 11.8. The zero-order chi connectivity index (χ0) is 27.4. The van der Waals surface area contributed by atoms with E-state index in [-0.39, 0.29) is 17.6 Å². The molecule has 37 heavy (non-hydrogen) atoms. The number of rotatable bonds is 28. The second-order valence-electron chi connectivity index (χ2n) is 11.0. The van der Waals surface area contributed by atoms with Gasteiger partial charge in [0.2, 0.25) is 5.91 Å². The van der Waals surface area contributed by atoms with Crippen LogP contribution < -0.4 is 21.8 Å². The van der Waals surface area contributed by atoms with Crippen LogP contribution in [0.3, 0.4) is 0 Å². The lowest BCUT2D eigenvalue weighted by Gasteiger charge is -2.17. The molecule has 0 aromatic heterocycles. The molecular formula is C31H63N4O2+. The Morgan fingerprint density at radius 2 is 1.00 bits per heavy atom. The maximum atomic E-state index is 12.8. The van der Waals surface area contributed by atoms with Crippen molar-refractivity contribution < 1.29 is 14.6 Å². The van der Waals surface area contributed by atoms with Crippen LogP contribution in [-0.4, -0.2) is 30.2 Å². The maximum Gasteiger partial charge on any atom is 0.338 e. The third-order valence-corrected chi connectivity index (χ3v) is 7.26. The molecule has 0 saturated carbocycles. The Morgan fingerprint density at radius 1 is 0.595 bits per heavy atom. The lowest BCUT2D eigenvalue weighted by atomic mass is 10.00. The van der Waals surface area contributed by atoms with E-state index < -0.39 is 6.04 Å². The molecule has 0 aromatic rings. The second-order valence-corrected chi connectivity index (χ2v) is 11.0. The van der Waals surface area contributed by atoms with Crippen molar-refractivity contribution in [3.63, 3.8) is 0 Å². The number of carbonyl (C=O) groups is 2. The number of ketones is 1. The summed E-state index contributed by atoms with van der Waals surface area (Å²) in [6, 6.07) is -0.393. The molecule has 0 radical (unpaired) electrons. The zero-order valence-corrected chi connectivity index (χ0v) is 24.7. The SMILES string of the molecule is CCCCCCCCCCCCCCCCCC(=O)NC(CCC[NH+]=C(N)N)C(=O)CCCCCCC. The molecule has 0 aliphatic carbocycles. The van der Waals surface area contributed by atoms with Gasteiger partial charge in [-0.2, -0.15) is 0 Å². The molecule has 0 aliphatic rings. The van der Waals surface area contributed by atoms with Crippen molar-refractivity contribution in [2.45, 2.75) is 174 Å². The van der Waals surface area contributed by atoms with E-state index in [1.807, 2.05) is 0 Å². The average Bonchev–Trinajstić information content (AvgIpc) is 2.87. The lowest BCUT2D eigenvalue weighted by molar-refractivity contribution is -0.459. The van der Waals surface area contributed by atoms with Gasteiger partial charge in [-0.25, -0.2) is 0 Å². The summed E-state index contributed by atoms with van der Waals surface area (Å²) in [4.78, 5) is 28.2. The number of unbranched alkanes of at least 4 members (excludes halogenated alkanes) is 18. The van der Waals surface area contributed by atoms with E-state index in [0.29, 0.717) is 25.8 Å². The molecule has 0 aliphatic heterocycles. The summed E-state index contributed by atoms with van der Waals surface area (Å²) >= 11 is 0. The molecule has 0 fully saturated rings. The van der Waals surface area contributed by atoms with E-state index in [0.717, 1.165) is 32.1 Å². The number of guanidine groups is 1. The van der Waals surface area contributed by atoms with Gasteiger partial charge in [0.15, 0.2) is 5.78 Å². The van der Waals surface area contributed by atoms with Crippen molar-refractivity contribution in [3.05, 3.63) is 0 Å². The maximum absolute atomic E-state index is 12.8. The van der Waals surface area contributed by atoms with E-state index in [1.165, 1.54) is 103 Å². The topological polar surface area (TPSA) is 112 Å². The van der Waals surface area contributed by atoms with Crippen LogP contribution in [-0.2, 0) is 9.59 Å². The van der Waals surface area contributed by atoms with Gasteiger partial charge in [-0.1, -0.05) is 129 Å². The Balaban J connectivity index is 3.94. The lowest BCUT2D eigenvalue weighted by Crippen LogP contribution is -2.78. The number of hydrogen-bond donors (Lipinski definition) is 4. The Bertz CT molecular complexity index is 561. The third-order valence-electron chi connectivity index (χ3n) is 7.26. The van der Waals surface area contributed by atoms with Crippen LogP contribution in [0, 0.1) is 0 Å². The minimum atomic E-state index is -0.393. The van der Waals surface area contributed by atoms with Crippen molar-refractivity contribution >= 4 is 17.6 Å². The molecule has 0 heterocycles. The minimum absolute atomic E-state index is 0.0110. The number of hydrogen-bond acceptors (Lipinski definition) is 2. The van der Waals surface area contributed by atoms with E-state index in [2.05, 4.69) is 24.2 Å². The highest BCUT2D eigenvalue weighted by Crippen LogP contribution is 2.14. The molecule has 0 rings (SSSR count). The van der Waals surface area contributed by atoms with Gasteiger partial charge < -0.3 is 5.32 Å². The summed E-state index contributed by atoms with van der Waals surface area (Å²) in [5.74, 6) is 0.360. The highest BCUT2D eigenvalue weighted by Gasteiger charge is 2.19. The molecule has 6 nitrogen and oxygen atoms in total. The zero-order valence-electron chi connectivity index (χ0n) is 24.7. The molecule has 6 N–H and O–H groups in total. The van der Waals surface area contributed by atoms with Crippen LogP contribution >= 0.6 is 0 Å². The van der Waals surface area contributed by atoms with Crippen molar-refractivity contribution in [1.29, 1.82) is 0 Å². The summed E-state index contributed by atoms with van der Waals surface area (Å²) in [6.45, 7) is 5.07. The van der Waals surface area contributed by atoms with Crippen LogP contribution in [0.4, 0.5) is 0 Å². The minimum Gasteiger partial charge on any atom is -0.346 e. The van der Waals surface area contributed by atoms with Crippen LogP contribution in [0.5, 0.6) is 0 Å². The first-order valence-electron chi connectivity index (χ1n) is 15.9. The van der Waals surface area contributed by atoms with Gasteiger partial charge in [-0.05, 0) is 25.7 Å². The quantitative estimate of drug-likeness (QED) is 0.0590. The molecule has 1 atom stereocenters. The number of amides is 1. The standard InChI is InChI=1S/C31H62N4O2/c1-3-5-7-9-10-11-12-13-14-15-16-17-18-20-22-26-30(37)35-28(24-23-27-34-31(32)33)29(36)25-21-19-8-6-4-2/h28H,3-27H2,1-2H3,(H,35,37)(H4,32,33,34)/p+1. The van der Waals surface area contributed by atoms with Crippen LogP contribution in [0.1, 0.15) is 168 Å². The molecule has 0 saturated heterocycles. The van der Waals surface area contributed by atoms with Crippen LogP contribution in [0.25, 0.3) is 0 Å². The Hall–Kier alpha value is -1.59. The largest absolute Gasteiger partial charge is 0.346 e. The smallest absolute Gasteiger partial charge is 0.338 e. The summed E-state index contributed by atoms with van der Waals surface area (Å²) in [5.41, 5.74) is 10.9. The fourth-order valence-electron chi connectivity index (χ4n) is 4.85. The van der Waals surface area contributed by atoms with Crippen molar-refractivity contribution in [2.75, 3.05) is 6.54 Å². The van der Waals surface area contributed by atoms with Gasteiger partial charge in [-0.3, -0.25) is 26.0 Å². The van der Waals surface area contributed by atoms with Crippen molar-refractivity contribution in [1.82, 2.24) is 5.32 Å². The molecule has 0 bridgehead atoms. The highest BCUT2D eigenvalue weighted by atomic mass is 16.2. The monoisotopic (exact) mass is 523 g/mol. The van der Waals surface area contributed by atoms with Gasteiger partial charge in [0.1, 0.15) is 0 Å². The summed E-state index contributed by atoms with van der Waals surface area (Å²) in [5, 5.41) is 3.02. The summed E-state index contributed by atoms with van der Waals surface area (Å²) < 4.78 is 0. The number of nitrogens with one attached hydrogen (secondary N) is 2. The molecule has 1 unspecified atom stereocenters. The van der Waals surface area contributed by atoms with E-state index in [9.17, 15) is 9.59 Å². The molecular weight excluding hydrogens is 460 g/mol. The molecule has 6 heteroatoms. The molecule has 1 amide bonds. The molecule has 0 aromatic carbocycles. The Kier molecular flexibility index (Phi) is 26.3. The van der Waals surface area contributed by atoms with Gasteiger partial charge >= 0.3 is 5.96 Å². The van der Waals surface area contributed by atoms with Crippen molar-refractivity contribution in [2.24, 2.45) is 11.5 Å². The van der Waals surface area contributed by atoms with Crippen LogP contribution in [0.2, 0.25) is 0 Å². The summed E-state index contributed by atoms with van der Waals surface area (Å²) in [6.07, 6.45) is 27.7. The number of carbonyl (C=O) groups excluding carboxylic acids is 2. The third kappa shape index (κ3) is 25.8. The van der Waals surface area contributed by atoms with Gasteiger partial charge in [0, 0.05) is 12.8 Å². The first kappa shape index (κ1) is 35.4. The second kappa shape index (κ2) is 27.4. The van der Waals surface area contributed by atoms with E-state index in [4.69, 9.17) is 11.5 Å². The predicted octanol–water partition coefficient (Wildman–Crippen LogP) is 5.80. The number of Topliss-reactive ketones (excluding diaryl/α,β-unsaturated/α-hetero) is 1. The highest BCUT2D eigenvalue weighted by molar-refractivity contribution is 5.89. The van der Waals surface area contributed by atoms with Crippen molar-refractivity contribution in [3.8, 4) is 0 Å². The van der Waals surface area contributed by atoms with E-state index >= 15 is 0 Å². The summed E-state index contributed by atoms with van der Waals surface area (Å²) in [7, 11) is 0. The first-order chi connectivity index (χ1) is 18.0. The predicted molar refractivity (Wildman–Crippen MR) is 158 cm³/mol. The van der Waals surface area contributed by atoms with Gasteiger partial charge in [-0.15, -0.1) is 0 Å². The fraction of sp³-hybridized carbons (Fsp3) is 0.903. The van der Waals surface area contributed by atoms with Crippen LogP contribution in [0.15, 0.2) is 0 Å². The molecule has 0 spiro atoms. The average molecular weight is 524 g/mol.